The normalized spacial score (nSPS) is 16.6. The smallest absolute Gasteiger partial charge is 0.219 e. The third-order valence-electron chi connectivity index (χ3n) is 3.71. The van der Waals surface area contributed by atoms with Gasteiger partial charge in [0.2, 0.25) is 5.91 Å². The fourth-order valence-corrected chi connectivity index (χ4v) is 2.71. The van der Waals surface area contributed by atoms with Crippen LogP contribution in [0.5, 0.6) is 0 Å². The van der Waals surface area contributed by atoms with Crippen LogP contribution in [0.15, 0.2) is 0 Å². The van der Waals surface area contributed by atoms with E-state index >= 15 is 0 Å². The molecule has 1 aliphatic heterocycles. The molecule has 0 spiro atoms. The number of aromatic nitrogens is 2. The summed E-state index contributed by atoms with van der Waals surface area (Å²) in [5.74, 6) is 1.11. The first-order valence-electron chi connectivity index (χ1n) is 6.68. The molecule has 1 aliphatic rings. The van der Waals surface area contributed by atoms with Crippen LogP contribution in [-0.2, 0) is 18.4 Å². The molecular weight excluding hydrogens is 244 g/mol. The first-order valence-corrected chi connectivity index (χ1v) is 6.68. The first-order chi connectivity index (χ1) is 9.04. The van der Waals surface area contributed by atoms with Gasteiger partial charge < -0.3 is 14.9 Å². The molecule has 0 aromatic carbocycles. The van der Waals surface area contributed by atoms with Crippen molar-refractivity contribution in [1.29, 1.82) is 0 Å². The minimum absolute atomic E-state index is 0.00191. The molecule has 2 rings (SSSR count). The monoisotopic (exact) mass is 266 g/mol. The summed E-state index contributed by atoms with van der Waals surface area (Å²) in [6.45, 7) is 6.72. The highest BCUT2D eigenvalue weighted by Gasteiger charge is 2.22. The van der Waals surface area contributed by atoms with E-state index in [4.69, 9.17) is 0 Å². The minimum Gasteiger partial charge on any atom is -0.391 e. The predicted molar refractivity (Wildman–Crippen MR) is 73.0 cm³/mol. The van der Waals surface area contributed by atoms with Gasteiger partial charge in [0, 0.05) is 45.7 Å². The fraction of sp³-hybridized carbons (Fsp3) is 0.692. The third-order valence-corrected chi connectivity index (χ3v) is 3.71. The molecule has 2 heterocycles. The molecule has 1 aromatic rings. The Bertz CT molecular complexity index is 469. The lowest BCUT2D eigenvalue weighted by Crippen LogP contribution is -2.34. The maximum atomic E-state index is 11.4. The number of nitrogens with zero attached hydrogens (tertiary/aromatic N) is 4. The van der Waals surface area contributed by atoms with E-state index in [1.165, 1.54) is 0 Å². The van der Waals surface area contributed by atoms with Crippen molar-refractivity contribution < 1.29 is 9.90 Å². The molecule has 1 saturated heterocycles. The van der Waals surface area contributed by atoms with E-state index in [0.29, 0.717) is 0 Å². The number of carbonyl (C=O) groups excluding carboxylic acids is 1. The van der Waals surface area contributed by atoms with Gasteiger partial charge in [-0.05, 0) is 13.3 Å². The summed E-state index contributed by atoms with van der Waals surface area (Å²) >= 11 is 0. The summed E-state index contributed by atoms with van der Waals surface area (Å²) in [5.41, 5.74) is 1.76. The Labute approximate surface area is 113 Å². The van der Waals surface area contributed by atoms with Gasteiger partial charge in [0.05, 0.1) is 12.3 Å². The lowest BCUT2D eigenvalue weighted by molar-refractivity contribution is -0.128. The van der Waals surface area contributed by atoms with Gasteiger partial charge in [-0.3, -0.25) is 9.48 Å². The maximum absolute atomic E-state index is 11.4. The van der Waals surface area contributed by atoms with Gasteiger partial charge in [-0.25, -0.2) is 0 Å². The molecular formula is C13H22N4O2. The van der Waals surface area contributed by atoms with Crippen LogP contribution < -0.4 is 4.90 Å². The van der Waals surface area contributed by atoms with E-state index in [9.17, 15) is 9.90 Å². The van der Waals surface area contributed by atoms with Crippen molar-refractivity contribution in [3.8, 4) is 0 Å². The van der Waals surface area contributed by atoms with Gasteiger partial charge in [0.1, 0.15) is 5.82 Å². The number of rotatable bonds is 2. The standard InChI is InChI=1S/C13H22N4O2/c1-10-12(9-18)13(15(3)14-10)17-6-4-5-16(7-8-17)11(2)19/h18H,4-9H2,1-3H3. The zero-order chi connectivity index (χ0) is 14.0. The molecule has 106 valence electrons. The number of aliphatic hydroxyl groups is 1. The highest BCUT2D eigenvalue weighted by atomic mass is 16.3. The Morgan fingerprint density at radius 1 is 1.32 bits per heavy atom. The highest BCUT2D eigenvalue weighted by Crippen LogP contribution is 2.24. The van der Waals surface area contributed by atoms with Gasteiger partial charge >= 0.3 is 0 Å². The molecule has 6 heteroatoms. The summed E-state index contributed by atoms with van der Waals surface area (Å²) in [7, 11) is 1.90. The number of aliphatic hydroxyl groups excluding tert-OH is 1. The number of amides is 1. The van der Waals surface area contributed by atoms with E-state index in [1.807, 2.05) is 23.6 Å². The molecule has 1 aromatic heterocycles. The SMILES string of the molecule is CC(=O)N1CCCN(c2c(CO)c(C)nn2C)CC1. The molecule has 0 aliphatic carbocycles. The summed E-state index contributed by atoms with van der Waals surface area (Å²) in [6, 6.07) is 0. The molecule has 0 atom stereocenters. The molecule has 1 amide bonds. The Kier molecular flexibility index (Phi) is 4.09. The van der Waals surface area contributed by atoms with Crippen molar-refractivity contribution in [2.75, 3.05) is 31.1 Å². The highest BCUT2D eigenvalue weighted by molar-refractivity contribution is 5.73. The molecule has 1 N–H and O–H groups in total. The molecule has 1 fully saturated rings. The second-order valence-corrected chi connectivity index (χ2v) is 5.02. The van der Waals surface area contributed by atoms with Crippen LogP contribution in [-0.4, -0.2) is 51.9 Å². The van der Waals surface area contributed by atoms with Crippen molar-refractivity contribution in [3.63, 3.8) is 0 Å². The van der Waals surface area contributed by atoms with Crippen LogP contribution in [0.25, 0.3) is 0 Å². The molecule has 0 bridgehead atoms. The Morgan fingerprint density at radius 2 is 2.05 bits per heavy atom. The van der Waals surface area contributed by atoms with Gasteiger partial charge in [-0.1, -0.05) is 0 Å². The van der Waals surface area contributed by atoms with Crippen molar-refractivity contribution in [2.45, 2.75) is 26.9 Å². The first kappa shape index (κ1) is 13.9. The molecule has 0 radical (unpaired) electrons. The van der Waals surface area contributed by atoms with Gasteiger partial charge in [0.25, 0.3) is 0 Å². The van der Waals surface area contributed by atoms with Crippen LogP contribution in [0.1, 0.15) is 24.6 Å². The lowest BCUT2D eigenvalue weighted by Gasteiger charge is -2.24. The third kappa shape index (κ3) is 2.73. The number of hydrogen-bond acceptors (Lipinski definition) is 4. The summed E-state index contributed by atoms with van der Waals surface area (Å²) < 4.78 is 1.82. The Morgan fingerprint density at radius 3 is 2.68 bits per heavy atom. The summed E-state index contributed by atoms with van der Waals surface area (Å²) in [5, 5.41) is 13.9. The van der Waals surface area contributed by atoms with Gasteiger partial charge in [-0.2, -0.15) is 5.10 Å². The molecule has 19 heavy (non-hydrogen) atoms. The van der Waals surface area contributed by atoms with Crippen molar-refractivity contribution in [2.24, 2.45) is 7.05 Å². The van der Waals surface area contributed by atoms with E-state index < -0.39 is 0 Å². The van der Waals surface area contributed by atoms with E-state index in [1.54, 1.807) is 6.92 Å². The average molecular weight is 266 g/mol. The Balaban J connectivity index is 2.21. The zero-order valence-electron chi connectivity index (χ0n) is 11.9. The lowest BCUT2D eigenvalue weighted by atomic mass is 10.2. The number of hydrogen-bond donors (Lipinski definition) is 1. The topological polar surface area (TPSA) is 61.6 Å². The van der Waals surface area contributed by atoms with Crippen LogP contribution >= 0.6 is 0 Å². The second-order valence-electron chi connectivity index (χ2n) is 5.02. The molecule has 6 nitrogen and oxygen atoms in total. The van der Waals surface area contributed by atoms with E-state index in [0.717, 1.165) is 49.7 Å². The second kappa shape index (κ2) is 5.61. The van der Waals surface area contributed by atoms with Crippen molar-refractivity contribution in [3.05, 3.63) is 11.3 Å². The van der Waals surface area contributed by atoms with E-state index in [2.05, 4.69) is 10.00 Å². The number of carbonyl (C=O) groups is 1. The van der Waals surface area contributed by atoms with Crippen LogP contribution in [0.4, 0.5) is 5.82 Å². The Hall–Kier alpha value is -1.56. The zero-order valence-corrected chi connectivity index (χ0v) is 11.9. The number of anilines is 1. The van der Waals surface area contributed by atoms with Crippen LogP contribution in [0.3, 0.4) is 0 Å². The summed E-state index contributed by atoms with van der Waals surface area (Å²) in [4.78, 5) is 15.5. The summed E-state index contributed by atoms with van der Waals surface area (Å²) in [6.07, 6.45) is 0.939. The molecule has 0 saturated carbocycles. The largest absolute Gasteiger partial charge is 0.391 e. The van der Waals surface area contributed by atoms with E-state index in [-0.39, 0.29) is 12.5 Å². The predicted octanol–water partition coefficient (Wildman–Crippen LogP) is 0.279. The van der Waals surface area contributed by atoms with Crippen molar-refractivity contribution in [1.82, 2.24) is 14.7 Å². The van der Waals surface area contributed by atoms with Gasteiger partial charge in [0.15, 0.2) is 0 Å². The average Bonchev–Trinajstić information content (AvgIpc) is 2.56. The van der Waals surface area contributed by atoms with Crippen LogP contribution in [0, 0.1) is 6.92 Å². The fourth-order valence-electron chi connectivity index (χ4n) is 2.71. The molecule has 0 unspecified atom stereocenters. The quantitative estimate of drug-likeness (QED) is 0.835. The minimum atomic E-state index is 0.00191. The maximum Gasteiger partial charge on any atom is 0.219 e. The van der Waals surface area contributed by atoms with Gasteiger partial charge in [-0.15, -0.1) is 0 Å². The van der Waals surface area contributed by atoms with Crippen molar-refractivity contribution >= 4 is 11.7 Å². The van der Waals surface area contributed by atoms with Crippen LogP contribution in [0.2, 0.25) is 0 Å². The number of aryl methyl sites for hydroxylation is 2.